The second-order valence-corrected chi connectivity index (χ2v) is 5.00. The number of rotatable bonds is 4. The van der Waals surface area contributed by atoms with Gasteiger partial charge in [-0.1, -0.05) is 24.3 Å². The minimum atomic E-state index is -0.401. The van der Waals surface area contributed by atoms with Gasteiger partial charge < -0.3 is 10.3 Å². The van der Waals surface area contributed by atoms with E-state index in [2.05, 4.69) is 15.3 Å². The second-order valence-electron chi connectivity index (χ2n) is 5.00. The first-order valence-electron chi connectivity index (χ1n) is 7.13. The smallest absolute Gasteiger partial charge is 0.262 e. The number of aromatic nitrogens is 2. The molecule has 23 heavy (non-hydrogen) atoms. The highest BCUT2D eigenvalue weighted by molar-refractivity contribution is 6.03. The summed E-state index contributed by atoms with van der Waals surface area (Å²) in [5, 5.41) is 13.0. The lowest BCUT2D eigenvalue weighted by molar-refractivity contribution is -0.117. The van der Waals surface area contributed by atoms with E-state index in [0.717, 1.165) is 22.0 Å². The SMILES string of the molecule is N#C/C(=C/c1c[nH]c2ccccc12)C(=O)NCc1cccnc1. The Hall–Kier alpha value is -3.39. The molecule has 112 valence electrons. The van der Waals surface area contributed by atoms with E-state index in [0.29, 0.717) is 6.54 Å². The van der Waals surface area contributed by atoms with Gasteiger partial charge in [0.2, 0.25) is 0 Å². The van der Waals surface area contributed by atoms with Gasteiger partial charge in [-0.3, -0.25) is 9.78 Å². The molecular formula is C18H14N4O. The molecule has 3 aromatic rings. The van der Waals surface area contributed by atoms with Crippen LogP contribution in [0.3, 0.4) is 0 Å². The molecule has 2 heterocycles. The van der Waals surface area contributed by atoms with E-state index in [1.54, 1.807) is 30.7 Å². The highest BCUT2D eigenvalue weighted by atomic mass is 16.1. The number of hydrogen-bond acceptors (Lipinski definition) is 3. The number of nitrogens with zero attached hydrogens (tertiary/aromatic N) is 2. The predicted octanol–water partition coefficient (Wildman–Crippen LogP) is 2.79. The zero-order chi connectivity index (χ0) is 16.1. The minimum absolute atomic E-state index is 0.0682. The van der Waals surface area contributed by atoms with Crippen molar-refractivity contribution in [3.63, 3.8) is 0 Å². The van der Waals surface area contributed by atoms with E-state index >= 15 is 0 Å². The molecule has 0 aliphatic heterocycles. The van der Waals surface area contributed by atoms with Crippen LogP contribution in [0.5, 0.6) is 0 Å². The Morgan fingerprint density at radius 3 is 2.96 bits per heavy atom. The van der Waals surface area contributed by atoms with Crippen molar-refractivity contribution in [3.8, 4) is 6.07 Å². The number of benzene rings is 1. The lowest BCUT2D eigenvalue weighted by Crippen LogP contribution is -2.23. The van der Waals surface area contributed by atoms with Crippen LogP contribution in [-0.4, -0.2) is 15.9 Å². The zero-order valence-corrected chi connectivity index (χ0v) is 12.3. The van der Waals surface area contributed by atoms with Gasteiger partial charge in [0.05, 0.1) is 0 Å². The van der Waals surface area contributed by atoms with Crippen LogP contribution < -0.4 is 5.32 Å². The van der Waals surface area contributed by atoms with Crippen LogP contribution in [-0.2, 0) is 11.3 Å². The number of fused-ring (bicyclic) bond motifs is 1. The second kappa shape index (κ2) is 6.58. The minimum Gasteiger partial charge on any atom is -0.361 e. The third-order valence-electron chi connectivity index (χ3n) is 3.46. The maximum absolute atomic E-state index is 12.2. The predicted molar refractivity (Wildman–Crippen MR) is 88.0 cm³/mol. The normalized spacial score (nSPS) is 11.2. The Morgan fingerprint density at radius 2 is 2.17 bits per heavy atom. The molecule has 1 amide bonds. The summed E-state index contributed by atoms with van der Waals surface area (Å²) in [6.45, 7) is 0.333. The Labute approximate surface area is 133 Å². The number of para-hydroxylation sites is 1. The fraction of sp³-hybridized carbons (Fsp3) is 0.0556. The number of H-pyrrole nitrogens is 1. The fourth-order valence-electron chi connectivity index (χ4n) is 2.30. The van der Waals surface area contributed by atoms with Crippen LogP contribution in [0.4, 0.5) is 0 Å². The zero-order valence-electron chi connectivity index (χ0n) is 12.3. The summed E-state index contributed by atoms with van der Waals surface area (Å²) >= 11 is 0. The van der Waals surface area contributed by atoms with Gasteiger partial charge in [0.15, 0.2) is 0 Å². The van der Waals surface area contributed by atoms with Crippen molar-refractivity contribution in [2.75, 3.05) is 0 Å². The van der Waals surface area contributed by atoms with Crippen LogP contribution >= 0.6 is 0 Å². The van der Waals surface area contributed by atoms with Gasteiger partial charge in [-0.25, -0.2) is 0 Å². The molecule has 1 aromatic carbocycles. The molecule has 0 saturated carbocycles. The largest absolute Gasteiger partial charge is 0.361 e. The molecule has 0 radical (unpaired) electrons. The van der Waals surface area contributed by atoms with Crippen molar-refractivity contribution >= 4 is 22.9 Å². The average molecular weight is 302 g/mol. The lowest BCUT2D eigenvalue weighted by atomic mass is 10.1. The number of pyridine rings is 1. The van der Waals surface area contributed by atoms with E-state index < -0.39 is 5.91 Å². The van der Waals surface area contributed by atoms with Crippen LogP contribution in [0.15, 0.2) is 60.6 Å². The standard InChI is InChI=1S/C18H14N4O/c19-9-14(18(23)22-11-13-4-3-7-20-10-13)8-15-12-21-17-6-2-1-5-16(15)17/h1-8,10,12,21H,11H2,(H,22,23)/b14-8-. The first-order valence-corrected chi connectivity index (χ1v) is 7.13. The average Bonchev–Trinajstić information content (AvgIpc) is 3.01. The van der Waals surface area contributed by atoms with Crippen molar-refractivity contribution in [3.05, 3.63) is 71.7 Å². The van der Waals surface area contributed by atoms with Crippen molar-refractivity contribution in [2.24, 2.45) is 0 Å². The molecule has 0 aliphatic carbocycles. The molecule has 0 bridgehead atoms. The molecule has 2 N–H and O–H groups in total. The maximum Gasteiger partial charge on any atom is 0.262 e. The van der Waals surface area contributed by atoms with Crippen LogP contribution in [0, 0.1) is 11.3 Å². The Balaban J connectivity index is 1.79. The highest BCUT2D eigenvalue weighted by Crippen LogP contribution is 2.20. The van der Waals surface area contributed by atoms with E-state index in [-0.39, 0.29) is 5.57 Å². The van der Waals surface area contributed by atoms with Gasteiger partial charge in [0.25, 0.3) is 5.91 Å². The Morgan fingerprint density at radius 1 is 1.30 bits per heavy atom. The third kappa shape index (κ3) is 3.27. The lowest BCUT2D eigenvalue weighted by Gasteiger charge is -2.03. The first-order chi connectivity index (χ1) is 11.3. The highest BCUT2D eigenvalue weighted by Gasteiger charge is 2.10. The monoisotopic (exact) mass is 302 g/mol. The Bertz CT molecular complexity index is 903. The van der Waals surface area contributed by atoms with Gasteiger partial charge in [-0.15, -0.1) is 0 Å². The number of aromatic amines is 1. The van der Waals surface area contributed by atoms with Crippen molar-refractivity contribution in [2.45, 2.75) is 6.54 Å². The summed E-state index contributed by atoms with van der Waals surface area (Å²) in [6, 6.07) is 13.4. The number of carbonyl (C=O) groups excluding carboxylic acids is 1. The van der Waals surface area contributed by atoms with E-state index in [1.165, 1.54) is 0 Å². The number of amides is 1. The topological polar surface area (TPSA) is 81.6 Å². The summed E-state index contributed by atoms with van der Waals surface area (Å²) in [4.78, 5) is 19.3. The van der Waals surface area contributed by atoms with Crippen molar-refractivity contribution in [1.29, 1.82) is 5.26 Å². The molecule has 0 spiro atoms. The van der Waals surface area contributed by atoms with E-state index in [1.807, 2.05) is 36.4 Å². The van der Waals surface area contributed by atoms with Crippen LogP contribution in [0.2, 0.25) is 0 Å². The Kier molecular flexibility index (Phi) is 4.16. The van der Waals surface area contributed by atoms with Gasteiger partial charge >= 0.3 is 0 Å². The molecule has 0 fully saturated rings. The molecule has 2 aromatic heterocycles. The molecule has 0 atom stereocenters. The van der Waals surface area contributed by atoms with Gasteiger partial charge in [0.1, 0.15) is 11.6 Å². The quantitative estimate of drug-likeness (QED) is 0.574. The van der Waals surface area contributed by atoms with Crippen LogP contribution in [0.25, 0.3) is 17.0 Å². The van der Waals surface area contributed by atoms with Crippen molar-refractivity contribution in [1.82, 2.24) is 15.3 Å². The number of carbonyl (C=O) groups is 1. The fourth-order valence-corrected chi connectivity index (χ4v) is 2.30. The third-order valence-corrected chi connectivity index (χ3v) is 3.46. The number of nitrogens with one attached hydrogen (secondary N) is 2. The van der Waals surface area contributed by atoms with Gasteiger partial charge in [0, 0.05) is 41.6 Å². The summed E-state index contributed by atoms with van der Waals surface area (Å²) in [5.74, 6) is -0.401. The van der Waals surface area contributed by atoms with Crippen molar-refractivity contribution < 1.29 is 4.79 Å². The summed E-state index contributed by atoms with van der Waals surface area (Å²) < 4.78 is 0. The number of hydrogen-bond donors (Lipinski definition) is 2. The molecule has 0 unspecified atom stereocenters. The number of nitriles is 1. The molecule has 5 heteroatoms. The van der Waals surface area contributed by atoms with Crippen LogP contribution in [0.1, 0.15) is 11.1 Å². The molecular weight excluding hydrogens is 288 g/mol. The van der Waals surface area contributed by atoms with E-state index in [9.17, 15) is 10.1 Å². The summed E-state index contributed by atoms with van der Waals surface area (Å²) in [7, 11) is 0. The maximum atomic E-state index is 12.2. The molecule has 0 aliphatic rings. The van der Waals surface area contributed by atoms with E-state index in [4.69, 9.17) is 0 Å². The van der Waals surface area contributed by atoms with Gasteiger partial charge in [-0.2, -0.15) is 5.26 Å². The first kappa shape index (κ1) is 14.5. The van der Waals surface area contributed by atoms with Gasteiger partial charge in [-0.05, 0) is 23.8 Å². The summed E-state index contributed by atoms with van der Waals surface area (Å²) in [6.07, 6.45) is 6.73. The molecule has 3 rings (SSSR count). The molecule has 0 saturated heterocycles. The summed E-state index contributed by atoms with van der Waals surface area (Å²) in [5.41, 5.74) is 2.73. The molecule has 5 nitrogen and oxygen atoms in total.